The van der Waals surface area contributed by atoms with Crippen LogP contribution in [-0.4, -0.2) is 18.5 Å². The molecule has 4 heteroatoms. The summed E-state index contributed by atoms with van der Waals surface area (Å²) < 4.78 is 0. The smallest absolute Gasteiger partial charge is 0.235 e. The first-order chi connectivity index (χ1) is 3.80. The van der Waals surface area contributed by atoms with Crippen LogP contribution >= 0.6 is 0 Å². The van der Waals surface area contributed by atoms with E-state index in [1.54, 1.807) is 0 Å². The first kappa shape index (κ1) is 5.53. The maximum atomic E-state index is 10.3. The number of carbonyl (C=O) groups excluding carboxylic acids is 1. The molecule has 0 spiro atoms. The van der Waals surface area contributed by atoms with E-state index in [2.05, 4.69) is 10.9 Å². The lowest BCUT2D eigenvalue weighted by Crippen LogP contribution is -2.39. The Labute approximate surface area is 47.4 Å². The van der Waals surface area contributed by atoms with Crippen LogP contribution in [0.15, 0.2) is 0 Å². The van der Waals surface area contributed by atoms with Crippen molar-refractivity contribution in [2.75, 3.05) is 6.54 Å². The van der Waals surface area contributed by atoms with Crippen LogP contribution < -0.4 is 16.6 Å². The number of carbonyl (C=O) groups is 1. The lowest BCUT2D eigenvalue weighted by atomic mass is 10.2. The van der Waals surface area contributed by atoms with E-state index < -0.39 is 0 Å². The minimum atomic E-state index is -0.282. The van der Waals surface area contributed by atoms with E-state index in [1.807, 2.05) is 0 Å². The normalized spacial score (nSPS) is 28.2. The van der Waals surface area contributed by atoms with Crippen molar-refractivity contribution in [3.8, 4) is 0 Å². The van der Waals surface area contributed by atoms with Gasteiger partial charge in [-0.05, 0) is 6.42 Å². The first-order valence-corrected chi connectivity index (χ1v) is 2.58. The molecule has 0 bridgehead atoms. The van der Waals surface area contributed by atoms with Gasteiger partial charge in [0.05, 0.1) is 0 Å². The molecule has 4 N–H and O–H groups in total. The Balaban J connectivity index is 2.35. The summed E-state index contributed by atoms with van der Waals surface area (Å²) >= 11 is 0. The average Bonchev–Trinajstić information content (AvgIpc) is 2.12. The molecular formula is C4H9N3O. The highest BCUT2D eigenvalue weighted by Crippen LogP contribution is 1.92. The molecule has 1 aliphatic rings. The van der Waals surface area contributed by atoms with E-state index in [-0.39, 0.29) is 11.9 Å². The summed E-state index contributed by atoms with van der Waals surface area (Å²) in [5.74, 6) is -0.282. The molecule has 1 unspecified atom stereocenters. The summed E-state index contributed by atoms with van der Waals surface area (Å²) in [6.07, 6.45) is 0.801. The Morgan fingerprint density at radius 2 is 2.50 bits per heavy atom. The van der Waals surface area contributed by atoms with Gasteiger partial charge in [-0.2, -0.15) is 0 Å². The minimum absolute atomic E-state index is 0.157. The molecule has 0 aromatic heterocycles. The maximum Gasteiger partial charge on any atom is 0.235 e. The van der Waals surface area contributed by atoms with Crippen molar-refractivity contribution >= 4 is 5.91 Å². The second-order valence-corrected chi connectivity index (χ2v) is 1.81. The molecule has 0 aliphatic carbocycles. The van der Waals surface area contributed by atoms with Crippen LogP contribution in [0.4, 0.5) is 0 Å². The number of rotatable bonds is 1. The Morgan fingerprint density at radius 1 is 1.75 bits per heavy atom. The Hall–Kier alpha value is -0.610. The average molecular weight is 115 g/mol. The highest BCUT2D eigenvalue weighted by molar-refractivity contribution is 5.79. The number of hydrogen-bond acceptors (Lipinski definition) is 3. The molecule has 1 heterocycles. The zero-order chi connectivity index (χ0) is 5.98. The lowest BCUT2D eigenvalue weighted by Gasteiger charge is -2.00. The highest BCUT2D eigenvalue weighted by Gasteiger charge is 2.17. The van der Waals surface area contributed by atoms with Gasteiger partial charge in [-0.3, -0.25) is 10.2 Å². The van der Waals surface area contributed by atoms with Crippen LogP contribution in [0.25, 0.3) is 0 Å². The van der Waals surface area contributed by atoms with E-state index in [9.17, 15) is 4.79 Å². The largest absolute Gasteiger partial charge is 0.368 e. The first-order valence-electron chi connectivity index (χ1n) is 2.58. The lowest BCUT2D eigenvalue weighted by molar-refractivity contribution is -0.119. The van der Waals surface area contributed by atoms with E-state index in [0.717, 1.165) is 13.0 Å². The second-order valence-electron chi connectivity index (χ2n) is 1.81. The third-order valence-corrected chi connectivity index (χ3v) is 1.18. The van der Waals surface area contributed by atoms with Gasteiger partial charge in [0.25, 0.3) is 0 Å². The second kappa shape index (κ2) is 2.11. The Bertz CT molecular complexity index is 97.5. The molecule has 1 aliphatic heterocycles. The molecule has 1 saturated heterocycles. The van der Waals surface area contributed by atoms with Gasteiger partial charge in [-0.1, -0.05) is 0 Å². The van der Waals surface area contributed by atoms with Crippen LogP contribution in [-0.2, 0) is 4.79 Å². The van der Waals surface area contributed by atoms with Crippen molar-refractivity contribution in [1.82, 2.24) is 10.9 Å². The molecule has 4 nitrogen and oxygen atoms in total. The fraction of sp³-hybridized carbons (Fsp3) is 0.750. The molecule has 0 aromatic rings. The summed E-state index contributed by atoms with van der Waals surface area (Å²) in [7, 11) is 0. The molecule has 46 valence electrons. The van der Waals surface area contributed by atoms with Crippen LogP contribution in [0, 0.1) is 0 Å². The third kappa shape index (κ3) is 0.962. The van der Waals surface area contributed by atoms with E-state index in [0.29, 0.717) is 0 Å². The molecule has 1 atom stereocenters. The summed E-state index contributed by atoms with van der Waals surface area (Å²) in [4.78, 5) is 10.3. The molecule has 0 radical (unpaired) electrons. The quantitative estimate of drug-likeness (QED) is 0.383. The van der Waals surface area contributed by atoms with Gasteiger partial charge in [0.15, 0.2) is 0 Å². The van der Waals surface area contributed by atoms with Gasteiger partial charge in [0.1, 0.15) is 6.04 Å². The van der Waals surface area contributed by atoms with Crippen molar-refractivity contribution < 1.29 is 4.79 Å². The van der Waals surface area contributed by atoms with Gasteiger partial charge in [0.2, 0.25) is 5.91 Å². The number of hydrogen-bond donors (Lipinski definition) is 3. The van der Waals surface area contributed by atoms with Crippen LogP contribution in [0.2, 0.25) is 0 Å². The van der Waals surface area contributed by atoms with Crippen molar-refractivity contribution in [3.63, 3.8) is 0 Å². The summed E-state index contributed by atoms with van der Waals surface area (Å²) in [5.41, 5.74) is 10.5. The van der Waals surface area contributed by atoms with Gasteiger partial charge >= 0.3 is 0 Å². The third-order valence-electron chi connectivity index (χ3n) is 1.18. The fourth-order valence-electron chi connectivity index (χ4n) is 0.697. The number of primary amides is 1. The topological polar surface area (TPSA) is 67.2 Å². The maximum absolute atomic E-state index is 10.3. The molecular weight excluding hydrogens is 106 g/mol. The zero-order valence-corrected chi connectivity index (χ0v) is 4.48. The number of nitrogens with two attached hydrogens (primary N) is 1. The number of nitrogens with one attached hydrogen (secondary N) is 2. The predicted octanol–water partition coefficient (Wildman–Crippen LogP) is -1.66. The van der Waals surface area contributed by atoms with Crippen molar-refractivity contribution in [3.05, 3.63) is 0 Å². The molecule has 0 saturated carbocycles. The van der Waals surface area contributed by atoms with E-state index in [4.69, 9.17) is 5.73 Å². The van der Waals surface area contributed by atoms with Crippen LogP contribution in [0.5, 0.6) is 0 Å². The predicted molar refractivity (Wildman–Crippen MR) is 28.7 cm³/mol. The monoisotopic (exact) mass is 115 g/mol. The van der Waals surface area contributed by atoms with Gasteiger partial charge in [-0.25, -0.2) is 5.43 Å². The summed E-state index contributed by atoms with van der Waals surface area (Å²) in [5, 5.41) is 0. The van der Waals surface area contributed by atoms with Gasteiger partial charge in [-0.15, -0.1) is 0 Å². The zero-order valence-electron chi connectivity index (χ0n) is 4.48. The molecule has 1 rings (SSSR count). The highest BCUT2D eigenvalue weighted by atomic mass is 16.1. The number of amides is 1. The van der Waals surface area contributed by atoms with Crippen LogP contribution in [0.3, 0.4) is 0 Å². The van der Waals surface area contributed by atoms with Gasteiger partial charge in [0, 0.05) is 6.54 Å². The minimum Gasteiger partial charge on any atom is -0.368 e. The summed E-state index contributed by atoms with van der Waals surface area (Å²) in [6, 6.07) is -0.157. The fourth-order valence-corrected chi connectivity index (χ4v) is 0.697. The molecule has 1 amide bonds. The molecule has 1 fully saturated rings. The Kier molecular flexibility index (Phi) is 1.45. The summed E-state index contributed by atoms with van der Waals surface area (Å²) in [6.45, 7) is 0.827. The molecule has 8 heavy (non-hydrogen) atoms. The van der Waals surface area contributed by atoms with Gasteiger partial charge < -0.3 is 5.73 Å². The van der Waals surface area contributed by atoms with Crippen molar-refractivity contribution in [2.45, 2.75) is 12.5 Å². The molecule has 0 aromatic carbocycles. The van der Waals surface area contributed by atoms with E-state index >= 15 is 0 Å². The van der Waals surface area contributed by atoms with Crippen molar-refractivity contribution in [2.24, 2.45) is 5.73 Å². The van der Waals surface area contributed by atoms with Crippen molar-refractivity contribution in [1.29, 1.82) is 0 Å². The van der Waals surface area contributed by atoms with Crippen LogP contribution in [0.1, 0.15) is 6.42 Å². The SMILES string of the molecule is NC(=O)C1CCNN1. The Morgan fingerprint density at radius 3 is 2.75 bits per heavy atom. The number of hydrazine groups is 1. The standard InChI is InChI=1S/C4H9N3O/c5-4(8)3-1-2-6-7-3/h3,6-7H,1-2H2,(H2,5,8). The van der Waals surface area contributed by atoms with E-state index in [1.165, 1.54) is 0 Å².